The minimum absolute atomic E-state index is 0.218. The molecule has 1 aliphatic heterocycles. The molecule has 1 saturated heterocycles. The summed E-state index contributed by atoms with van der Waals surface area (Å²) in [7, 11) is 0. The number of aromatic amines is 1. The SMILES string of the molecule is CC1(Cc2ccc(F)c(F)c2)CCCN1C(=O)c1cc(=O)[nH]c2ccccc12. The van der Waals surface area contributed by atoms with Gasteiger partial charge in [-0.25, -0.2) is 8.78 Å². The Morgan fingerprint density at radius 3 is 2.71 bits per heavy atom. The van der Waals surface area contributed by atoms with Gasteiger partial charge in [-0.1, -0.05) is 24.3 Å². The first-order chi connectivity index (χ1) is 13.4. The van der Waals surface area contributed by atoms with Crippen LogP contribution in [-0.2, 0) is 6.42 Å². The number of rotatable bonds is 3. The number of carbonyl (C=O) groups is 1. The summed E-state index contributed by atoms with van der Waals surface area (Å²) in [5.41, 5.74) is 0.739. The van der Waals surface area contributed by atoms with E-state index in [4.69, 9.17) is 0 Å². The normalized spacial score (nSPS) is 19.3. The monoisotopic (exact) mass is 382 g/mol. The fourth-order valence-corrected chi connectivity index (χ4v) is 4.17. The molecule has 1 amide bonds. The second kappa shape index (κ2) is 6.86. The first-order valence-corrected chi connectivity index (χ1v) is 9.25. The molecule has 1 N–H and O–H groups in total. The third-order valence-corrected chi connectivity index (χ3v) is 5.54. The van der Waals surface area contributed by atoms with Crippen molar-refractivity contribution in [3.05, 3.63) is 81.6 Å². The summed E-state index contributed by atoms with van der Waals surface area (Å²) < 4.78 is 26.9. The van der Waals surface area contributed by atoms with E-state index in [1.807, 2.05) is 13.0 Å². The molecule has 0 bridgehead atoms. The number of pyridine rings is 1. The summed E-state index contributed by atoms with van der Waals surface area (Å²) >= 11 is 0. The number of para-hydroxylation sites is 1. The molecular formula is C22H20F2N2O2. The number of nitrogens with zero attached hydrogens (tertiary/aromatic N) is 1. The van der Waals surface area contributed by atoms with Gasteiger partial charge in [0.1, 0.15) is 0 Å². The summed E-state index contributed by atoms with van der Waals surface area (Å²) in [5.74, 6) is -1.99. The number of carbonyl (C=O) groups excluding carboxylic acids is 1. The van der Waals surface area contributed by atoms with Crippen molar-refractivity contribution < 1.29 is 13.6 Å². The molecule has 1 aromatic heterocycles. The highest BCUT2D eigenvalue weighted by atomic mass is 19.2. The van der Waals surface area contributed by atoms with Crippen LogP contribution in [0.15, 0.2) is 53.3 Å². The van der Waals surface area contributed by atoms with E-state index < -0.39 is 17.2 Å². The van der Waals surface area contributed by atoms with Crippen molar-refractivity contribution in [2.45, 2.75) is 31.7 Å². The zero-order valence-corrected chi connectivity index (χ0v) is 15.5. The standard InChI is InChI=1S/C22H20F2N2O2/c1-22(13-14-7-8-17(23)18(24)11-14)9-4-10-26(22)21(28)16-12-20(27)25-19-6-3-2-5-15(16)19/h2-3,5-8,11-12H,4,9-10,13H2,1H3,(H,25,27). The van der Waals surface area contributed by atoms with E-state index >= 15 is 0 Å². The molecule has 2 heterocycles. The minimum atomic E-state index is -0.891. The van der Waals surface area contributed by atoms with Gasteiger partial charge in [0, 0.05) is 29.1 Å². The maximum Gasteiger partial charge on any atom is 0.255 e. The summed E-state index contributed by atoms with van der Waals surface area (Å²) in [4.78, 5) is 29.9. The van der Waals surface area contributed by atoms with Crippen molar-refractivity contribution in [1.29, 1.82) is 0 Å². The van der Waals surface area contributed by atoms with Crippen LogP contribution in [0.2, 0.25) is 0 Å². The highest BCUT2D eigenvalue weighted by molar-refractivity contribution is 6.06. The van der Waals surface area contributed by atoms with Crippen molar-refractivity contribution in [3.8, 4) is 0 Å². The number of hydrogen-bond acceptors (Lipinski definition) is 2. The number of fused-ring (bicyclic) bond motifs is 1. The number of hydrogen-bond donors (Lipinski definition) is 1. The van der Waals surface area contributed by atoms with Crippen LogP contribution in [0, 0.1) is 11.6 Å². The zero-order valence-electron chi connectivity index (χ0n) is 15.5. The Morgan fingerprint density at radius 2 is 1.93 bits per heavy atom. The number of benzene rings is 2. The Bertz CT molecular complexity index is 1120. The van der Waals surface area contributed by atoms with E-state index in [0.29, 0.717) is 35.0 Å². The molecule has 6 heteroatoms. The maximum absolute atomic E-state index is 13.6. The van der Waals surface area contributed by atoms with Crippen molar-refractivity contribution in [1.82, 2.24) is 9.88 Å². The maximum atomic E-state index is 13.6. The van der Waals surface area contributed by atoms with Gasteiger partial charge in [-0.3, -0.25) is 9.59 Å². The van der Waals surface area contributed by atoms with Gasteiger partial charge in [0.25, 0.3) is 5.91 Å². The van der Waals surface area contributed by atoms with Crippen LogP contribution < -0.4 is 5.56 Å². The van der Waals surface area contributed by atoms with Gasteiger partial charge < -0.3 is 9.88 Å². The lowest BCUT2D eigenvalue weighted by Gasteiger charge is -2.36. The molecule has 28 heavy (non-hydrogen) atoms. The Morgan fingerprint density at radius 1 is 1.14 bits per heavy atom. The van der Waals surface area contributed by atoms with Gasteiger partial charge in [0.2, 0.25) is 5.56 Å². The van der Waals surface area contributed by atoms with E-state index in [1.54, 1.807) is 29.2 Å². The average molecular weight is 382 g/mol. The third kappa shape index (κ3) is 3.19. The number of halogens is 2. The molecule has 0 spiro atoms. The fraction of sp³-hybridized carbons (Fsp3) is 0.273. The highest BCUT2D eigenvalue weighted by Crippen LogP contribution is 2.34. The van der Waals surface area contributed by atoms with Crippen LogP contribution >= 0.6 is 0 Å². The van der Waals surface area contributed by atoms with Crippen LogP contribution in [0.4, 0.5) is 8.78 Å². The van der Waals surface area contributed by atoms with Crippen LogP contribution in [0.3, 0.4) is 0 Å². The number of amides is 1. The van der Waals surface area contributed by atoms with Gasteiger partial charge in [-0.2, -0.15) is 0 Å². The average Bonchev–Trinajstić information content (AvgIpc) is 3.04. The minimum Gasteiger partial charge on any atom is -0.333 e. The molecule has 144 valence electrons. The molecular weight excluding hydrogens is 362 g/mol. The Balaban J connectivity index is 1.71. The predicted octanol–water partition coefficient (Wildman–Crippen LogP) is 4.04. The van der Waals surface area contributed by atoms with Gasteiger partial charge in [0.05, 0.1) is 5.56 Å². The predicted molar refractivity (Wildman–Crippen MR) is 103 cm³/mol. The molecule has 0 aliphatic carbocycles. The quantitative estimate of drug-likeness (QED) is 0.743. The highest BCUT2D eigenvalue weighted by Gasteiger charge is 2.40. The smallest absolute Gasteiger partial charge is 0.255 e. The van der Waals surface area contributed by atoms with Crippen LogP contribution in [0.1, 0.15) is 35.7 Å². The molecule has 0 saturated carbocycles. The number of H-pyrrole nitrogens is 1. The van der Waals surface area contributed by atoms with Crippen LogP contribution in [-0.4, -0.2) is 27.9 Å². The van der Waals surface area contributed by atoms with Gasteiger partial charge in [0.15, 0.2) is 11.6 Å². The number of nitrogens with one attached hydrogen (secondary N) is 1. The topological polar surface area (TPSA) is 53.2 Å². The Kier molecular flexibility index (Phi) is 4.49. The first kappa shape index (κ1) is 18.3. The lowest BCUT2D eigenvalue weighted by molar-refractivity contribution is 0.0626. The van der Waals surface area contributed by atoms with E-state index in [9.17, 15) is 18.4 Å². The Labute approximate surface area is 160 Å². The summed E-state index contributed by atoms with van der Waals surface area (Å²) in [5, 5.41) is 0.689. The largest absolute Gasteiger partial charge is 0.333 e. The summed E-state index contributed by atoms with van der Waals surface area (Å²) in [6.07, 6.45) is 1.98. The second-order valence-electron chi connectivity index (χ2n) is 7.58. The molecule has 1 unspecified atom stereocenters. The number of aromatic nitrogens is 1. The lowest BCUT2D eigenvalue weighted by Crippen LogP contribution is -2.47. The molecule has 2 aromatic carbocycles. The summed E-state index contributed by atoms with van der Waals surface area (Å²) in [6.45, 7) is 2.51. The lowest BCUT2D eigenvalue weighted by atomic mass is 9.89. The molecule has 1 aliphatic rings. The van der Waals surface area contributed by atoms with Gasteiger partial charge in [-0.15, -0.1) is 0 Å². The fourth-order valence-electron chi connectivity index (χ4n) is 4.17. The van der Waals surface area contributed by atoms with Crippen molar-refractivity contribution in [3.63, 3.8) is 0 Å². The van der Waals surface area contributed by atoms with Crippen LogP contribution in [0.5, 0.6) is 0 Å². The molecule has 4 rings (SSSR count). The van der Waals surface area contributed by atoms with Crippen molar-refractivity contribution in [2.75, 3.05) is 6.54 Å². The molecule has 0 radical (unpaired) electrons. The summed E-state index contributed by atoms with van der Waals surface area (Å²) in [6, 6.07) is 12.4. The van der Waals surface area contributed by atoms with E-state index in [-0.39, 0.29) is 11.5 Å². The molecule has 4 nitrogen and oxygen atoms in total. The van der Waals surface area contributed by atoms with E-state index in [1.165, 1.54) is 12.1 Å². The number of likely N-dealkylation sites (tertiary alicyclic amines) is 1. The second-order valence-corrected chi connectivity index (χ2v) is 7.58. The first-order valence-electron chi connectivity index (χ1n) is 9.25. The van der Waals surface area contributed by atoms with E-state index in [0.717, 1.165) is 18.9 Å². The van der Waals surface area contributed by atoms with Gasteiger partial charge in [-0.05, 0) is 49.9 Å². The van der Waals surface area contributed by atoms with Crippen molar-refractivity contribution >= 4 is 16.8 Å². The molecule has 3 aromatic rings. The van der Waals surface area contributed by atoms with Gasteiger partial charge >= 0.3 is 0 Å². The molecule has 1 atom stereocenters. The third-order valence-electron chi connectivity index (χ3n) is 5.54. The Hall–Kier alpha value is -3.02. The van der Waals surface area contributed by atoms with Crippen molar-refractivity contribution in [2.24, 2.45) is 0 Å². The molecule has 1 fully saturated rings. The zero-order chi connectivity index (χ0) is 19.9. The van der Waals surface area contributed by atoms with E-state index in [2.05, 4.69) is 4.98 Å². The van der Waals surface area contributed by atoms with Crippen LogP contribution in [0.25, 0.3) is 10.9 Å².